The molecule has 0 saturated carbocycles. The first kappa shape index (κ1) is 12.6. The first-order chi connectivity index (χ1) is 7.59. The third kappa shape index (κ3) is 2.54. The van der Waals surface area contributed by atoms with Gasteiger partial charge in [-0.1, -0.05) is 34.6 Å². The van der Waals surface area contributed by atoms with Gasteiger partial charge in [0.05, 0.1) is 0 Å². The first-order valence-electron chi connectivity index (χ1n) is 5.65. The highest BCUT2D eigenvalue weighted by Gasteiger charge is 2.17. The molecule has 0 radical (unpaired) electrons. The van der Waals surface area contributed by atoms with Crippen LogP contribution in [-0.4, -0.2) is 15.0 Å². The number of fused-ring (bicyclic) bond motifs is 1. The van der Waals surface area contributed by atoms with Crippen LogP contribution < -0.4 is 0 Å². The average Bonchev–Trinajstić information content (AvgIpc) is 2.30. The summed E-state index contributed by atoms with van der Waals surface area (Å²) in [5, 5.41) is 0. The number of hydrogen-bond donors (Lipinski definition) is 0. The third-order valence-corrected chi connectivity index (χ3v) is 2.18. The van der Waals surface area contributed by atoms with Crippen LogP contribution in [0.5, 0.6) is 0 Å². The van der Waals surface area contributed by atoms with E-state index in [1.807, 2.05) is 19.9 Å². The maximum absolute atomic E-state index is 4.32. The summed E-state index contributed by atoms with van der Waals surface area (Å²) >= 11 is 0. The fraction of sp³-hybridized carbons (Fsp3) is 0.462. The molecule has 0 bridgehead atoms. The van der Waals surface area contributed by atoms with Crippen LogP contribution in [-0.2, 0) is 5.41 Å². The molecule has 0 N–H and O–H groups in total. The van der Waals surface area contributed by atoms with E-state index >= 15 is 0 Å². The molecule has 3 heteroatoms. The van der Waals surface area contributed by atoms with Gasteiger partial charge in [0.2, 0.25) is 0 Å². The summed E-state index contributed by atoms with van der Waals surface area (Å²) in [5.74, 6) is 0. The van der Waals surface area contributed by atoms with Crippen LogP contribution in [0.3, 0.4) is 0 Å². The lowest BCUT2D eigenvalue weighted by atomic mass is 9.87. The van der Waals surface area contributed by atoms with Crippen LogP contribution in [0, 0.1) is 0 Å². The highest BCUT2D eigenvalue weighted by Crippen LogP contribution is 2.26. The zero-order valence-corrected chi connectivity index (χ0v) is 10.7. The van der Waals surface area contributed by atoms with Gasteiger partial charge in [0.15, 0.2) is 5.65 Å². The Bertz CT molecular complexity index is 453. The molecule has 2 aromatic heterocycles. The lowest BCUT2D eigenvalue weighted by Crippen LogP contribution is -2.12. The van der Waals surface area contributed by atoms with Gasteiger partial charge >= 0.3 is 0 Å². The molecule has 0 atom stereocenters. The average molecular weight is 217 g/mol. The van der Waals surface area contributed by atoms with Crippen molar-refractivity contribution >= 4 is 11.2 Å². The molecule has 0 unspecified atom stereocenters. The molecule has 0 aliphatic carbocycles. The Hall–Kier alpha value is -1.51. The van der Waals surface area contributed by atoms with E-state index in [2.05, 4.69) is 35.7 Å². The smallest absolute Gasteiger partial charge is 0.178 e. The molecule has 0 fully saturated rings. The van der Waals surface area contributed by atoms with E-state index < -0.39 is 0 Å². The van der Waals surface area contributed by atoms with Gasteiger partial charge in [0.25, 0.3) is 0 Å². The van der Waals surface area contributed by atoms with Gasteiger partial charge in [-0.3, -0.25) is 4.98 Å². The Morgan fingerprint density at radius 3 is 2.06 bits per heavy atom. The third-order valence-electron chi connectivity index (χ3n) is 2.18. The van der Waals surface area contributed by atoms with E-state index in [0.717, 1.165) is 11.2 Å². The zero-order chi connectivity index (χ0) is 12.2. The summed E-state index contributed by atoms with van der Waals surface area (Å²) in [6.07, 6.45) is 5.17. The predicted octanol–water partition coefficient (Wildman–Crippen LogP) is 3.35. The molecular formula is C13H19N3. The van der Waals surface area contributed by atoms with Gasteiger partial charge in [0, 0.05) is 18.6 Å². The summed E-state index contributed by atoms with van der Waals surface area (Å²) in [5.41, 5.74) is 2.90. The van der Waals surface area contributed by atoms with Crippen LogP contribution >= 0.6 is 0 Å². The van der Waals surface area contributed by atoms with E-state index in [1.54, 1.807) is 18.6 Å². The van der Waals surface area contributed by atoms with Crippen molar-refractivity contribution in [1.29, 1.82) is 0 Å². The molecule has 2 aromatic rings. The van der Waals surface area contributed by atoms with Crippen molar-refractivity contribution in [3.63, 3.8) is 0 Å². The minimum absolute atomic E-state index is 0.0806. The highest BCUT2D eigenvalue weighted by molar-refractivity contribution is 5.74. The van der Waals surface area contributed by atoms with Crippen LogP contribution in [0.15, 0.2) is 24.7 Å². The van der Waals surface area contributed by atoms with Gasteiger partial charge in [-0.15, -0.1) is 0 Å². The van der Waals surface area contributed by atoms with Crippen LogP contribution in [0.25, 0.3) is 11.2 Å². The lowest BCUT2D eigenvalue weighted by Gasteiger charge is -2.19. The normalized spacial score (nSPS) is 10.8. The largest absolute Gasteiger partial charge is 0.251 e. The minimum Gasteiger partial charge on any atom is -0.251 e. The van der Waals surface area contributed by atoms with Crippen LogP contribution in [0.2, 0.25) is 0 Å². The molecule has 16 heavy (non-hydrogen) atoms. The van der Waals surface area contributed by atoms with E-state index in [-0.39, 0.29) is 5.41 Å². The Balaban J connectivity index is 0.000000606. The quantitative estimate of drug-likeness (QED) is 0.679. The topological polar surface area (TPSA) is 38.7 Å². The fourth-order valence-corrected chi connectivity index (χ4v) is 1.48. The summed E-state index contributed by atoms with van der Waals surface area (Å²) < 4.78 is 0. The Morgan fingerprint density at radius 1 is 0.875 bits per heavy atom. The second kappa shape index (κ2) is 5.01. The molecule has 86 valence electrons. The SMILES string of the molecule is CC.CC(C)(C)c1ccnc2nccnc12. The first-order valence-corrected chi connectivity index (χ1v) is 5.65. The molecular weight excluding hydrogens is 198 g/mol. The second-order valence-corrected chi connectivity index (χ2v) is 4.34. The van der Waals surface area contributed by atoms with Crippen molar-refractivity contribution in [2.45, 2.75) is 40.0 Å². The molecule has 0 aliphatic heterocycles. The Morgan fingerprint density at radius 2 is 1.44 bits per heavy atom. The maximum atomic E-state index is 4.32. The predicted molar refractivity (Wildman–Crippen MR) is 67.4 cm³/mol. The number of rotatable bonds is 0. The van der Waals surface area contributed by atoms with Crippen molar-refractivity contribution < 1.29 is 0 Å². The van der Waals surface area contributed by atoms with Gasteiger partial charge in [-0.25, -0.2) is 9.97 Å². The van der Waals surface area contributed by atoms with Crippen LogP contribution in [0.4, 0.5) is 0 Å². The number of hydrogen-bond acceptors (Lipinski definition) is 3. The van der Waals surface area contributed by atoms with Crippen molar-refractivity contribution in [1.82, 2.24) is 15.0 Å². The molecule has 2 heterocycles. The van der Waals surface area contributed by atoms with E-state index in [9.17, 15) is 0 Å². The summed E-state index contributed by atoms with van der Waals surface area (Å²) in [4.78, 5) is 12.7. The van der Waals surface area contributed by atoms with E-state index in [0.29, 0.717) is 0 Å². The maximum Gasteiger partial charge on any atom is 0.178 e. The van der Waals surface area contributed by atoms with Crippen molar-refractivity contribution in [3.8, 4) is 0 Å². The van der Waals surface area contributed by atoms with Gasteiger partial charge in [-0.2, -0.15) is 0 Å². The summed E-state index contributed by atoms with van der Waals surface area (Å²) in [7, 11) is 0. The van der Waals surface area contributed by atoms with Gasteiger partial charge in [0.1, 0.15) is 5.52 Å². The molecule has 0 aromatic carbocycles. The van der Waals surface area contributed by atoms with E-state index in [1.165, 1.54) is 5.56 Å². The lowest BCUT2D eigenvalue weighted by molar-refractivity contribution is 0.594. The van der Waals surface area contributed by atoms with Gasteiger partial charge in [-0.05, 0) is 17.0 Å². The van der Waals surface area contributed by atoms with E-state index in [4.69, 9.17) is 0 Å². The molecule has 0 aliphatic rings. The number of nitrogens with zero attached hydrogens (tertiary/aromatic N) is 3. The zero-order valence-electron chi connectivity index (χ0n) is 10.7. The summed E-state index contributed by atoms with van der Waals surface area (Å²) in [6.45, 7) is 10.5. The fourth-order valence-electron chi connectivity index (χ4n) is 1.48. The molecule has 0 amide bonds. The minimum atomic E-state index is 0.0806. The summed E-state index contributed by atoms with van der Waals surface area (Å²) in [6, 6.07) is 2.01. The standard InChI is InChI=1S/C11H13N3.C2H6/c1-11(2,3)8-4-5-13-10-9(8)12-6-7-14-10;1-2/h4-7H,1-3H3;1-2H3. The highest BCUT2D eigenvalue weighted by atomic mass is 14.9. The molecule has 0 spiro atoms. The number of pyridine rings is 1. The monoisotopic (exact) mass is 217 g/mol. The molecule has 0 saturated heterocycles. The van der Waals surface area contributed by atoms with Crippen molar-refractivity contribution in [3.05, 3.63) is 30.2 Å². The number of aromatic nitrogens is 3. The molecule has 2 rings (SSSR count). The second-order valence-electron chi connectivity index (χ2n) is 4.34. The molecule has 3 nitrogen and oxygen atoms in total. The van der Waals surface area contributed by atoms with Gasteiger partial charge < -0.3 is 0 Å². The van der Waals surface area contributed by atoms with Crippen molar-refractivity contribution in [2.24, 2.45) is 0 Å². The Labute approximate surface area is 97.0 Å². The Kier molecular flexibility index (Phi) is 3.93. The van der Waals surface area contributed by atoms with Crippen molar-refractivity contribution in [2.75, 3.05) is 0 Å². The van der Waals surface area contributed by atoms with Crippen LogP contribution in [0.1, 0.15) is 40.2 Å².